The number of para-hydroxylation sites is 1. The van der Waals surface area contributed by atoms with E-state index in [0.29, 0.717) is 5.92 Å². The number of carbonyl (C=O) groups is 2. The van der Waals surface area contributed by atoms with Crippen LogP contribution in [-0.2, 0) is 9.53 Å². The molecule has 0 bridgehead atoms. The van der Waals surface area contributed by atoms with Crippen LogP contribution in [0.5, 0.6) is 0 Å². The molecular weight excluding hydrogens is 328 g/mol. The summed E-state index contributed by atoms with van der Waals surface area (Å²) in [5, 5.41) is 5.63. The van der Waals surface area contributed by atoms with Crippen molar-refractivity contribution in [3.8, 4) is 0 Å². The molecule has 1 aliphatic rings. The van der Waals surface area contributed by atoms with Gasteiger partial charge in [-0.2, -0.15) is 0 Å². The van der Waals surface area contributed by atoms with E-state index in [1.807, 2.05) is 42.5 Å². The van der Waals surface area contributed by atoms with E-state index in [9.17, 15) is 9.59 Å². The highest BCUT2D eigenvalue weighted by Crippen LogP contribution is 2.36. The van der Waals surface area contributed by atoms with E-state index in [1.165, 1.54) is 12.7 Å². The molecule has 0 aliphatic heterocycles. The van der Waals surface area contributed by atoms with Crippen molar-refractivity contribution in [2.75, 3.05) is 17.7 Å². The largest absolute Gasteiger partial charge is 0.469 e. The smallest absolute Gasteiger partial charge is 0.323 e. The molecule has 5 heteroatoms. The second-order valence-electron chi connectivity index (χ2n) is 6.64. The van der Waals surface area contributed by atoms with Gasteiger partial charge in [0.1, 0.15) is 0 Å². The topological polar surface area (TPSA) is 67.4 Å². The Morgan fingerprint density at radius 1 is 0.846 bits per heavy atom. The summed E-state index contributed by atoms with van der Waals surface area (Å²) in [6.07, 6.45) is 3.72. The van der Waals surface area contributed by atoms with Gasteiger partial charge in [0, 0.05) is 11.4 Å². The number of anilines is 2. The summed E-state index contributed by atoms with van der Waals surface area (Å²) in [5.74, 6) is 0.411. The van der Waals surface area contributed by atoms with E-state index in [4.69, 9.17) is 4.74 Å². The molecule has 0 radical (unpaired) electrons. The first-order valence-electron chi connectivity index (χ1n) is 8.96. The van der Waals surface area contributed by atoms with Crippen molar-refractivity contribution in [3.05, 3.63) is 60.2 Å². The van der Waals surface area contributed by atoms with Gasteiger partial charge >= 0.3 is 12.0 Å². The minimum absolute atomic E-state index is 0.0406. The van der Waals surface area contributed by atoms with Gasteiger partial charge in [0.25, 0.3) is 0 Å². The van der Waals surface area contributed by atoms with E-state index < -0.39 is 0 Å². The highest BCUT2D eigenvalue weighted by molar-refractivity contribution is 5.99. The number of hydrogen-bond acceptors (Lipinski definition) is 3. The molecule has 0 unspecified atom stereocenters. The molecule has 1 aliphatic carbocycles. The molecule has 5 nitrogen and oxygen atoms in total. The SMILES string of the molecule is COC(=O)[C@H]1CC[C@@H](c2ccc(NC(=O)Nc3ccccc3)cc2)CC1. The highest BCUT2D eigenvalue weighted by Gasteiger charge is 2.27. The van der Waals surface area contributed by atoms with Crippen LogP contribution < -0.4 is 10.6 Å². The van der Waals surface area contributed by atoms with Crippen LogP contribution in [0.25, 0.3) is 0 Å². The second-order valence-corrected chi connectivity index (χ2v) is 6.64. The minimum Gasteiger partial charge on any atom is -0.469 e. The van der Waals surface area contributed by atoms with E-state index in [-0.39, 0.29) is 17.9 Å². The fourth-order valence-electron chi connectivity index (χ4n) is 3.48. The fraction of sp³-hybridized carbons (Fsp3) is 0.333. The summed E-state index contributed by atoms with van der Waals surface area (Å²) in [4.78, 5) is 23.7. The summed E-state index contributed by atoms with van der Waals surface area (Å²) < 4.78 is 4.84. The Bertz CT molecular complexity index is 736. The van der Waals surface area contributed by atoms with Crippen LogP contribution in [0.1, 0.15) is 37.2 Å². The van der Waals surface area contributed by atoms with Crippen molar-refractivity contribution in [3.63, 3.8) is 0 Å². The van der Waals surface area contributed by atoms with Gasteiger partial charge in [-0.05, 0) is 61.4 Å². The highest BCUT2D eigenvalue weighted by atomic mass is 16.5. The van der Waals surface area contributed by atoms with Crippen molar-refractivity contribution in [2.24, 2.45) is 5.92 Å². The zero-order valence-corrected chi connectivity index (χ0v) is 14.9. The number of nitrogens with one attached hydrogen (secondary N) is 2. The molecule has 136 valence electrons. The monoisotopic (exact) mass is 352 g/mol. The summed E-state index contributed by atoms with van der Waals surface area (Å²) in [7, 11) is 1.45. The molecule has 0 aromatic heterocycles. The Hall–Kier alpha value is -2.82. The Balaban J connectivity index is 1.52. The molecule has 2 aromatic rings. The first kappa shape index (κ1) is 18.0. The number of methoxy groups -OCH3 is 1. The van der Waals surface area contributed by atoms with E-state index in [1.54, 1.807) is 0 Å². The van der Waals surface area contributed by atoms with Gasteiger partial charge in [-0.3, -0.25) is 4.79 Å². The van der Waals surface area contributed by atoms with Crippen molar-refractivity contribution in [1.29, 1.82) is 0 Å². The number of rotatable bonds is 4. The minimum atomic E-state index is -0.262. The summed E-state index contributed by atoms with van der Waals surface area (Å²) >= 11 is 0. The maximum atomic E-state index is 12.0. The first-order valence-corrected chi connectivity index (χ1v) is 8.96. The fourth-order valence-corrected chi connectivity index (χ4v) is 3.48. The Morgan fingerprint density at radius 2 is 1.42 bits per heavy atom. The quantitative estimate of drug-likeness (QED) is 0.778. The van der Waals surface area contributed by atoms with E-state index >= 15 is 0 Å². The van der Waals surface area contributed by atoms with Gasteiger partial charge in [0.15, 0.2) is 0 Å². The van der Waals surface area contributed by atoms with Crippen molar-refractivity contribution >= 4 is 23.4 Å². The third kappa shape index (κ3) is 4.63. The van der Waals surface area contributed by atoms with Gasteiger partial charge in [-0.25, -0.2) is 4.79 Å². The van der Waals surface area contributed by atoms with Gasteiger partial charge in [-0.15, -0.1) is 0 Å². The standard InChI is InChI=1S/C21H24N2O3/c1-26-20(24)17-9-7-15(8-10-17)16-11-13-19(14-12-16)23-21(25)22-18-5-3-2-4-6-18/h2-6,11-15,17H,7-10H2,1H3,(H2,22,23,25)/t15-,17+. The van der Waals surface area contributed by atoms with Crippen LogP contribution in [0.4, 0.5) is 16.2 Å². The molecule has 0 saturated heterocycles. The van der Waals surface area contributed by atoms with Gasteiger partial charge in [-0.1, -0.05) is 30.3 Å². The van der Waals surface area contributed by atoms with Gasteiger partial charge in [0.05, 0.1) is 13.0 Å². The first-order chi connectivity index (χ1) is 12.7. The summed E-state index contributed by atoms with van der Waals surface area (Å²) in [5.41, 5.74) is 2.76. The molecule has 0 spiro atoms. The lowest BCUT2D eigenvalue weighted by Gasteiger charge is -2.27. The number of benzene rings is 2. The van der Waals surface area contributed by atoms with Crippen LogP contribution in [0, 0.1) is 5.92 Å². The predicted molar refractivity (Wildman–Crippen MR) is 102 cm³/mol. The summed E-state index contributed by atoms with van der Waals surface area (Å²) in [6, 6.07) is 17.0. The number of urea groups is 1. The van der Waals surface area contributed by atoms with Crippen LogP contribution in [0.3, 0.4) is 0 Å². The lowest BCUT2D eigenvalue weighted by molar-refractivity contribution is -0.146. The van der Waals surface area contributed by atoms with E-state index in [2.05, 4.69) is 22.8 Å². The third-order valence-corrected chi connectivity index (χ3v) is 4.93. The van der Waals surface area contributed by atoms with Crippen molar-refractivity contribution in [1.82, 2.24) is 0 Å². The molecule has 1 fully saturated rings. The van der Waals surface area contributed by atoms with Crippen LogP contribution in [0.2, 0.25) is 0 Å². The Kier molecular flexibility index (Phi) is 5.89. The molecule has 0 atom stereocenters. The summed E-state index contributed by atoms with van der Waals surface area (Å²) in [6.45, 7) is 0. The number of hydrogen-bond donors (Lipinski definition) is 2. The van der Waals surface area contributed by atoms with Crippen molar-refractivity contribution in [2.45, 2.75) is 31.6 Å². The van der Waals surface area contributed by atoms with Crippen LogP contribution in [0.15, 0.2) is 54.6 Å². The third-order valence-electron chi connectivity index (χ3n) is 4.93. The number of amides is 2. The van der Waals surface area contributed by atoms with E-state index in [0.717, 1.165) is 37.1 Å². The Morgan fingerprint density at radius 3 is 2.00 bits per heavy atom. The lowest BCUT2D eigenvalue weighted by Crippen LogP contribution is -2.22. The van der Waals surface area contributed by atoms with Crippen molar-refractivity contribution < 1.29 is 14.3 Å². The Labute approximate surface area is 153 Å². The molecular formula is C21H24N2O3. The number of carbonyl (C=O) groups excluding carboxylic acids is 2. The number of ether oxygens (including phenoxy) is 1. The van der Waals surface area contributed by atoms with Gasteiger partial charge in [0.2, 0.25) is 0 Å². The molecule has 0 heterocycles. The zero-order chi connectivity index (χ0) is 18.4. The van der Waals surface area contributed by atoms with Crippen LogP contribution >= 0.6 is 0 Å². The maximum absolute atomic E-state index is 12.0. The average Bonchev–Trinajstić information content (AvgIpc) is 2.69. The number of esters is 1. The lowest BCUT2D eigenvalue weighted by atomic mass is 9.79. The molecule has 1 saturated carbocycles. The molecule has 2 N–H and O–H groups in total. The molecule has 2 amide bonds. The zero-order valence-electron chi connectivity index (χ0n) is 14.9. The van der Waals surface area contributed by atoms with Gasteiger partial charge < -0.3 is 15.4 Å². The average molecular weight is 352 g/mol. The molecule has 3 rings (SSSR count). The second kappa shape index (κ2) is 8.52. The molecule has 26 heavy (non-hydrogen) atoms. The molecule has 2 aromatic carbocycles. The maximum Gasteiger partial charge on any atom is 0.323 e. The van der Waals surface area contributed by atoms with Crippen LogP contribution in [-0.4, -0.2) is 19.1 Å². The predicted octanol–water partition coefficient (Wildman–Crippen LogP) is 4.78. The normalized spacial score (nSPS) is 19.4.